The molecule has 3 rings (SSSR count). The SMILES string of the molecule is Cc1cc(C2CCS(=O)(=O)CC2)ccc1B1OC(C)(C)C(C)(C)O1. The van der Waals surface area contributed by atoms with Gasteiger partial charge in [0.05, 0.1) is 22.7 Å². The van der Waals surface area contributed by atoms with Crippen LogP contribution in [0.1, 0.15) is 57.6 Å². The Balaban J connectivity index is 1.79. The molecule has 0 unspecified atom stereocenters. The molecule has 1 aromatic rings. The quantitative estimate of drug-likeness (QED) is 0.770. The van der Waals surface area contributed by atoms with Crippen molar-refractivity contribution in [3.8, 4) is 0 Å². The zero-order valence-corrected chi connectivity index (χ0v) is 16.1. The molecule has 2 aliphatic heterocycles. The van der Waals surface area contributed by atoms with Gasteiger partial charge >= 0.3 is 7.12 Å². The molecule has 2 fully saturated rings. The van der Waals surface area contributed by atoms with Crippen LogP contribution in [-0.2, 0) is 19.1 Å². The Morgan fingerprint density at radius 1 is 1.04 bits per heavy atom. The summed E-state index contributed by atoms with van der Waals surface area (Å²) in [5, 5.41) is 0. The van der Waals surface area contributed by atoms with E-state index in [2.05, 4.69) is 52.8 Å². The summed E-state index contributed by atoms with van der Waals surface area (Å²) in [5.41, 5.74) is 2.73. The Labute approximate surface area is 146 Å². The van der Waals surface area contributed by atoms with Gasteiger partial charge in [0.1, 0.15) is 9.84 Å². The fourth-order valence-electron chi connectivity index (χ4n) is 3.41. The third-order valence-electron chi connectivity index (χ3n) is 5.83. The van der Waals surface area contributed by atoms with Gasteiger partial charge in [0.25, 0.3) is 0 Å². The smallest absolute Gasteiger partial charge is 0.399 e. The summed E-state index contributed by atoms with van der Waals surface area (Å²) in [7, 11) is -3.17. The van der Waals surface area contributed by atoms with Crippen LogP contribution in [0.2, 0.25) is 0 Å². The van der Waals surface area contributed by atoms with Crippen molar-refractivity contribution in [2.75, 3.05) is 11.5 Å². The van der Waals surface area contributed by atoms with Crippen molar-refractivity contribution in [3.63, 3.8) is 0 Å². The lowest BCUT2D eigenvalue weighted by Gasteiger charge is -2.32. The van der Waals surface area contributed by atoms with E-state index in [1.54, 1.807) is 0 Å². The van der Waals surface area contributed by atoms with Gasteiger partial charge in [0, 0.05) is 0 Å². The third kappa shape index (κ3) is 3.28. The van der Waals surface area contributed by atoms with Gasteiger partial charge in [-0.2, -0.15) is 0 Å². The van der Waals surface area contributed by atoms with Crippen LogP contribution >= 0.6 is 0 Å². The van der Waals surface area contributed by atoms with Crippen molar-refractivity contribution in [2.24, 2.45) is 0 Å². The Morgan fingerprint density at radius 2 is 1.58 bits per heavy atom. The van der Waals surface area contributed by atoms with E-state index in [-0.39, 0.29) is 18.3 Å². The second-order valence-corrected chi connectivity index (χ2v) is 10.4. The number of rotatable bonds is 2. The summed E-state index contributed by atoms with van der Waals surface area (Å²) in [6.07, 6.45) is 1.44. The summed E-state index contributed by atoms with van der Waals surface area (Å²) in [6.45, 7) is 10.3. The minimum absolute atomic E-state index is 0.301. The average molecular weight is 350 g/mol. The molecule has 0 aromatic heterocycles. The molecule has 24 heavy (non-hydrogen) atoms. The van der Waals surface area contributed by atoms with Gasteiger partial charge < -0.3 is 9.31 Å². The molecule has 2 saturated heterocycles. The zero-order valence-electron chi connectivity index (χ0n) is 15.3. The van der Waals surface area contributed by atoms with E-state index < -0.39 is 9.84 Å². The lowest BCUT2D eigenvalue weighted by atomic mass is 9.75. The molecule has 0 bridgehead atoms. The van der Waals surface area contributed by atoms with E-state index in [0.29, 0.717) is 17.4 Å². The van der Waals surface area contributed by atoms with Crippen molar-refractivity contribution < 1.29 is 17.7 Å². The number of aryl methyl sites for hydroxylation is 1. The standard InChI is InChI=1S/C18H27BO4S/c1-13-12-15(14-8-10-24(20,21)11-9-14)6-7-16(13)19-22-17(2,3)18(4,5)23-19/h6-7,12,14H,8-11H2,1-5H3. The molecule has 0 aliphatic carbocycles. The van der Waals surface area contributed by atoms with Crippen LogP contribution in [0.5, 0.6) is 0 Å². The van der Waals surface area contributed by atoms with Crippen molar-refractivity contribution >= 4 is 22.4 Å². The van der Waals surface area contributed by atoms with Gasteiger partial charge in [-0.1, -0.05) is 23.8 Å². The van der Waals surface area contributed by atoms with Crippen LogP contribution in [0.3, 0.4) is 0 Å². The van der Waals surface area contributed by atoms with Crippen molar-refractivity contribution in [2.45, 2.75) is 64.6 Å². The second kappa shape index (κ2) is 5.85. The molecular weight excluding hydrogens is 323 g/mol. The highest BCUT2D eigenvalue weighted by atomic mass is 32.2. The Hall–Kier alpha value is -0.845. The first kappa shape index (κ1) is 18.0. The van der Waals surface area contributed by atoms with Gasteiger partial charge in [-0.25, -0.2) is 8.42 Å². The van der Waals surface area contributed by atoms with E-state index in [1.165, 1.54) is 5.56 Å². The van der Waals surface area contributed by atoms with E-state index in [1.807, 2.05) is 0 Å². The number of hydrogen-bond donors (Lipinski definition) is 0. The van der Waals surface area contributed by atoms with Crippen molar-refractivity contribution in [3.05, 3.63) is 29.3 Å². The fraction of sp³-hybridized carbons (Fsp3) is 0.667. The molecular formula is C18H27BO4S. The largest absolute Gasteiger partial charge is 0.495 e. The average Bonchev–Trinajstić information content (AvgIpc) is 2.67. The minimum atomic E-state index is -2.82. The van der Waals surface area contributed by atoms with Crippen LogP contribution in [0.25, 0.3) is 0 Å². The molecule has 6 heteroatoms. The topological polar surface area (TPSA) is 52.6 Å². The molecule has 0 spiro atoms. The predicted octanol–water partition coefficient (Wildman–Crippen LogP) is 2.59. The summed E-state index contributed by atoms with van der Waals surface area (Å²) in [6, 6.07) is 6.36. The molecule has 132 valence electrons. The Bertz CT molecular complexity index is 709. The number of hydrogen-bond acceptors (Lipinski definition) is 4. The van der Waals surface area contributed by atoms with Gasteiger partial charge in [0.2, 0.25) is 0 Å². The maximum Gasteiger partial charge on any atom is 0.495 e. The van der Waals surface area contributed by atoms with E-state index in [4.69, 9.17) is 9.31 Å². The van der Waals surface area contributed by atoms with Crippen molar-refractivity contribution in [1.29, 1.82) is 0 Å². The van der Waals surface area contributed by atoms with Crippen molar-refractivity contribution in [1.82, 2.24) is 0 Å². The van der Waals surface area contributed by atoms with E-state index in [9.17, 15) is 8.42 Å². The lowest BCUT2D eigenvalue weighted by molar-refractivity contribution is 0.00578. The number of sulfone groups is 1. The highest BCUT2D eigenvalue weighted by Crippen LogP contribution is 2.37. The van der Waals surface area contributed by atoms with E-state index in [0.717, 1.165) is 23.9 Å². The lowest BCUT2D eigenvalue weighted by Crippen LogP contribution is -2.41. The first-order valence-electron chi connectivity index (χ1n) is 8.67. The summed E-state index contributed by atoms with van der Waals surface area (Å²) >= 11 is 0. The third-order valence-corrected chi connectivity index (χ3v) is 7.54. The summed E-state index contributed by atoms with van der Waals surface area (Å²) in [5.74, 6) is 0.935. The monoisotopic (exact) mass is 350 g/mol. The predicted molar refractivity (Wildman–Crippen MR) is 97.5 cm³/mol. The highest BCUT2D eigenvalue weighted by Gasteiger charge is 2.52. The fourth-order valence-corrected chi connectivity index (χ4v) is 4.90. The molecule has 0 amide bonds. The number of benzene rings is 1. The van der Waals surface area contributed by atoms with Gasteiger partial charge in [-0.05, 0) is 64.4 Å². The maximum atomic E-state index is 11.6. The highest BCUT2D eigenvalue weighted by molar-refractivity contribution is 7.91. The van der Waals surface area contributed by atoms with Crippen LogP contribution in [0.15, 0.2) is 18.2 Å². The second-order valence-electron chi connectivity index (χ2n) is 8.13. The van der Waals surface area contributed by atoms with Crippen LogP contribution in [-0.4, -0.2) is 38.2 Å². The molecule has 2 heterocycles. The van der Waals surface area contributed by atoms with E-state index >= 15 is 0 Å². The first-order valence-corrected chi connectivity index (χ1v) is 10.5. The normalized spacial score (nSPS) is 25.8. The van der Waals surface area contributed by atoms with Crippen LogP contribution in [0.4, 0.5) is 0 Å². The van der Waals surface area contributed by atoms with Crippen LogP contribution < -0.4 is 5.46 Å². The minimum Gasteiger partial charge on any atom is -0.399 e. The van der Waals surface area contributed by atoms with Crippen LogP contribution in [0, 0.1) is 6.92 Å². The molecule has 4 nitrogen and oxygen atoms in total. The molecule has 0 radical (unpaired) electrons. The molecule has 0 saturated carbocycles. The zero-order chi connectivity index (χ0) is 17.8. The summed E-state index contributed by atoms with van der Waals surface area (Å²) in [4.78, 5) is 0. The Morgan fingerprint density at radius 3 is 2.08 bits per heavy atom. The first-order chi connectivity index (χ1) is 11.0. The van der Waals surface area contributed by atoms with Gasteiger partial charge in [-0.3, -0.25) is 0 Å². The molecule has 1 aromatic carbocycles. The molecule has 0 atom stereocenters. The molecule has 2 aliphatic rings. The summed E-state index contributed by atoms with van der Waals surface area (Å²) < 4.78 is 35.5. The van der Waals surface area contributed by atoms with Gasteiger partial charge in [-0.15, -0.1) is 0 Å². The van der Waals surface area contributed by atoms with Gasteiger partial charge in [0.15, 0.2) is 0 Å². The Kier molecular flexibility index (Phi) is 4.38. The molecule has 0 N–H and O–H groups in total. The maximum absolute atomic E-state index is 11.6.